The number of carbonyl (C=O) groups is 1. The van der Waals surface area contributed by atoms with Crippen molar-refractivity contribution in [3.8, 4) is 17.2 Å². The molecule has 1 atom stereocenters. The Bertz CT molecular complexity index is 818. The van der Waals surface area contributed by atoms with Crippen LogP contribution in [-0.4, -0.2) is 62.2 Å². The minimum absolute atomic E-state index is 0.0120. The maximum absolute atomic E-state index is 12.6. The molecule has 0 saturated carbocycles. The third-order valence-electron chi connectivity index (χ3n) is 5.45. The molecule has 2 aromatic carbocycles. The molecule has 1 amide bonds. The summed E-state index contributed by atoms with van der Waals surface area (Å²) in [5.41, 5.74) is 1.26. The van der Waals surface area contributed by atoms with Gasteiger partial charge in [-0.15, -0.1) is 0 Å². The Labute approximate surface area is 165 Å². The average Bonchev–Trinajstić information content (AvgIpc) is 2.77. The van der Waals surface area contributed by atoms with Crippen LogP contribution in [0.1, 0.15) is 18.0 Å². The van der Waals surface area contributed by atoms with Gasteiger partial charge in [0.25, 0.3) is 5.91 Å². The van der Waals surface area contributed by atoms with Crippen LogP contribution in [0.25, 0.3) is 0 Å². The number of methoxy groups -OCH3 is 1. The Balaban J connectivity index is 1.31. The van der Waals surface area contributed by atoms with Gasteiger partial charge in [0.1, 0.15) is 5.75 Å². The highest BCUT2D eigenvalue weighted by molar-refractivity contribution is 5.78. The van der Waals surface area contributed by atoms with Crippen LogP contribution in [0.15, 0.2) is 48.5 Å². The Morgan fingerprint density at radius 2 is 1.75 bits per heavy atom. The number of amides is 1. The highest BCUT2D eigenvalue weighted by Gasteiger charge is 2.30. The van der Waals surface area contributed by atoms with E-state index in [2.05, 4.69) is 17.0 Å². The first-order valence-electron chi connectivity index (χ1n) is 9.75. The van der Waals surface area contributed by atoms with Crippen molar-refractivity contribution in [1.29, 1.82) is 0 Å². The van der Waals surface area contributed by atoms with Gasteiger partial charge < -0.3 is 19.1 Å². The van der Waals surface area contributed by atoms with E-state index < -0.39 is 0 Å². The first-order valence-corrected chi connectivity index (χ1v) is 9.75. The molecule has 1 saturated heterocycles. The van der Waals surface area contributed by atoms with E-state index in [1.165, 1.54) is 5.56 Å². The number of ether oxygens (including phenoxy) is 3. The maximum atomic E-state index is 12.6. The van der Waals surface area contributed by atoms with E-state index >= 15 is 0 Å². The molecule has 0 radical (unpaired) electrons. The van der Waals surface area contributed by atoms with E-state index in [1.54, 1.807) is 7.11 Å². The quantitative estimate of drug-likeness (QED) is 0.796. The third-order valence-corrected chi connectivity index (χ3v) is 5.45. The number of rotatable bonds is 5. The summed E-state index contributed by atoms with van der Waals surface area (Å²) in [6, 6.07) is 16.0. The van der Waals surface area contributed by atoms with Crippen LogP contribution in [0.3, 0.4) is 0 Å². The summed E-state index contributed by atoms with van der Waals surface area (Å²) in [6.07, 6.45) is 0.988. The van der Waals surface area contributed by atoms with Gasteiger partial charge in [-0.05, 0) is 18.2 Å². The molecule has 0 N–H and O–H groups in total. The van der Waals surface area contributed by atoms with Crippen LogP contribution >= 0.6 is 0 Å². The normalized spacial score (nSPS) is 19.5. The molecule has 0 aliphatic carbocycles. The van der Waals surface area contributed by atoms with Gasteiger partial charge in [0, 0.05) is 44.2 Å². The molecule has 6 nitrogen and oxygen atoms in total. The second-order valence-electron chi connectivity index (χ2n) is 7.05. The number of carbonyl (C=O) groups excluding carboxylic acids is 1. The van der Waals surface area contributed by atoms with Gasteiger partial charge in [0.05, 0.1) is 13.7 Å². The molecule has 1 fully saturated rings. The highest BCUT2D eigenvalue weighted by Crippen LogP contribution is 2.36. The number of nitrogens with zero attached hydrogens (tertiary/aromatic N) is 2. The summed E-state index contributed by atoms with van der Waals surface area (Å²) >= 11 is 0. The molecule has 0 bridgehead atoms. The predicted molar refractivity (Wildman–Crippen MR) is 106 cm³/mol. The summed E-state index contributed by atoms with van der Waals surface area (Å²) in [4.78, 5) is 16.9. The summed E-state index contributed by atoms with van der Waals surface area (Å²) in [7, 11) is 1.59. The standard InChI is InChI=1S/C22H26N2O4/c1-26-20-8-4-5-9-21(20)28-16-22(25)24-13-11-23(12-14-24)18-10-15-27-19-7-3-2-6-17(18)19/h2-9,18H,10-16H2,1H3. The van der Waals surface area contributed by atoms with Gasteiger partial charge in [0.15, 0.2) is 18.1 Å². The van der Waals surface area contributed by atoms with Crippen LogP contribution in [0.5, 0.6) is 17.2 Å². The van der Waals surface area contributed by atoms with Crippen molar-refractivity contribution in [2.45, 2.75) is 12.5 Å². The zero-order valence-corrected chi connectivity index (χ0v) is 16.2. The summed E-state index contributed by atoms with van der Waals surface area (Å²) in [5.74, 6) is 2.23. The molecule has 4 rings (SSSR count). The van der Waals surface area contributed by atoms with E-state index in [0.29, 0.717) is 30.6 Å². The number of hydrogen-bond donors (Lipinski definition) is 0. The lowest BCUT2D eigenvalue weighted by Crippen LogP contribution is -2.51. The van der Waals surface area contributed by atoms with Crippen molar-refractivity contribution in [3.63, 3.8) is 0 Å². The lowest BCUT2D eigenvalue weighted by Gasteiger charge is -2.41. The van der Waals surface area contributed by atoms with Crippen LogP contribution < -0.4 is 14.2 Å². The molecular weight excluding hydrogens is 356 g/mol. The van der Waals surface area contributed by atoms with Crippen molar-refractivity contribution >= 4 is 5.91 Å². The topological polar surface area (TPSA) is 51.2 Å². The van der Waals surface area contributed by atoms with Gasteiger partial charge in [-0.25, -0.2) is 0 Å². The number of para-hydroxylation sites is 3. The first-order chi connectivity index (χ1) is 13.8. The van der Waals surface area contributed by atoms with Gasteiger partial charge in [-0.2, -0.15) is 0 Å². The number of fused-ring (bicyclic) bond motifs is 1. The SMILES string of the molecule is COc1ccccc1OCC(=O)N1CCN(C2CCOc3ccccc32)CC1. The van der Waals surface area contributed by atoms with Crippen molar-refractivity contribution in [1.82, 2.24) is 9.80 Å². The summed E-state index contributed by atoms with van der Waals surface area (Å²) in [6.45, 7) is 3.92. The van der Waals surface area contributed by atoms with E-state index in [-0.39, 0.29) is 12.5 Å². The molecule has 28 heavy (non-hydrogen) atoms. The van der Waals surface area contributed by atoms with E-state index in [4.69, 9.17) is 14.2 Å². The number of piperazine rings is 1. The molecule has 2 aliphatic heterocycles. The third kappa shape index (κ3) is 3.92. The summed E-state index contributed by atoms with van der Waals surface area (Å²) in [5, 5.41) is 0. The van der Waals surface area contributed by atoms with Crippen molar-refractivity contribution in [3.05, 3.63) is 54.1 Å². The minimum atomic E-state index is 0.0120. The van der Waals surface area contributed by atoms with Gasteiger partial charge in [-0.3, -0.25) is 9.69 Å². The molecule has 2 heterocycles. The van der Waals surface area contributed by atoms with Crippen molar-refractivity contribution < 1.29 is 19.0 Å². The molecule has 2 aromatic rings. The molecule has 0 spiro atoms. The van der Waals surface area contributed by atoms with Crippen molar-refractivity contribution in [2.75, 3.05) is 46.5 Å². The van der Waals surface area contributed by atoms with Crippen LogP contribution in [-0.2, 0) is 4.79 Å². The van der Waals surface area contributed by atoms with Crippen molar-refractivity contribution in [2.24, 2.45) is 0 Å². The molecule has 2 aliphatic rings. The van der Waals surface area contributed by atoms with Crippen LogP contribution in [0.4, 0.5) is 0 Å². The second-order valence-corrected chi connectivity index (χ2v) is 7.05. The number of hydrogen-bond acceptors (Lipinski definition) is 5. The van der Waals surface area contributed by atoms with E-state index in [9.17, 15) is 4.79 Å². The fourth-order valence-electron chi connectivity index (χ4n) is 3.95. The Hall–Kier alpha value is -2.73. The summed E-state index contributed by atoms with van der Waals surface area (Å²) < 4.78 is 16.7. The zero-order valence-electron chi connectivity index (χ0n) is 16.2. The Kier molecular flexibility index (Phi) is 5.67. The molecule has 1 unspecified atom stereocenters. The predicted octanol–water partition coefficient (Wildman–Crippen LogP) is 2.74. The number of benzene rings is 2. The van der Waals surface area contributed by atoms with Crippen LogP contribution in [0, 0.1) is 0 Å². The fraction of sp³-hybridized carbons (Fsp3) is 0.409. The smallest absolute Gasteiger partial charge is 0.260 e. The molecule has 148 valence electrons. The van der Waals surface area contributed by atoms with Gasteiger partial charge in [-0.1, -0.05) is 30.3 Å². The molecule has 6 heteroatoms. The lowest BCUT2D eigenvalue weighted by atomic mass is 9.98. The van der Waals surface area contributed by atoms with Gasteiger partial charge in [0.2, 0.25) is 0 Å². The average molecular weight is 382 g/mol. The zero-order chi connectivity index (χ0) is 19.3. The van der Waals surface area contributed by atoms with Crippen LogP contribution in [0.2, 0.25) is 0 Å². The second kappa shape index (κ2) is 8.52. The monoisotopic (exact) mass is 382 g/mol. The lowest BCUT2D eigenvalue weighted by molar-refractivity contribution is -0.135. The largest absolute Gasteiger partial charge is 0.493 e. The minimum Gasteiger partial charge on any atom is -0.493 e. The van der Waals surface area contributed by atoms with E-state index in [0.717, 1.165) is 31.9 Å². The first kappa shape index (κ1) is 18.6. The Morgan fingerprint density at radius 3 is 2.54 bits per heavy atom. The molecular formula is C22H26N2O4. The highest BCUT2D eigenvalue weighted by atomic mass is 16.5. The van der Waals surface area contributed by atoms with E-state index in [1.807, 2.05) is 41.3 Å². The fourth-order valence-corrected chi connectivity index (χ4v) is 3.95. The Morgan fingerprint density at radius 1 is 1.04 bits per heavy atom. The van der Waals surface area contributed by atoms with Gasteiger partial charge >= 0.3 is 0 Å². The molecule has 0 aromatic heterocycles. The maximum Gasteiger partial charge on any atom is 0.260 e.